The zero-order valence-corrected chi connectivity index (χ0v) is 17.8. The van der Waals surface area contributed by atoms with Crippen LogP contribution in [0.5, 0.6) is 5.75 Å². The van der Waals surface area contributed by atoms with Crippen molar-refractivity contribution in [3.05, 3.63) is 90.5 Å². The van der Waals surface area contributed by atoms with Gasteiger partial charge in [0.25, 0.3) is 0 Å². The summed E-state index contributed by atoms with van der Waals surface area (Å²) in [5.74, 6) is 1.27. The van der Waals surface area contributed by atoms with Crippen molar-refractivity contribution in [3.8, 4) is 22.7 Å². The molecule has 160 valence electrons. The maximum absolute atomic E-state index is 12.5. The molecule has 0 aliphatic carbocycles. The van der Waals surface area contributed by atoms with Gasteiger partial charge in [-0.2, -0.15) is 10.2 Å². The highest BCUT2D eigenvalue weighted by atomic mass is 16.5. The van der Waals surface area contributed by atoms with E-state index in [1.54, 1.807) is 13.4 Å². The zero-order chi connectivity index (χ0) is 22.1. The molecule has 0 saturated heterocycles. The number of hydrogen-bond donors (Lipinski definition) is 0. The predicted octanol–water partition coefficient (Wildman–Crippen LogP) is 4.84. The number of para-hydroxylation sites is 1. The van der Waals surface area contributed by atoms with Gasteiger partial charge in [-0.05, 0) is 36.4 Å². The van der Waals surface area contributed by atoms with Gasteiger partial charge in [0.2, 0.25) is 5.91 Å². The van der Waals surface area contributed by atoms with Crippen molar-refractivity contribution in [1.82, 2.24) is 14.8 Å². The number of methoxy groups -OCH3 is 1. The third-order valence-corrected chi connectivity index (χ3v) is 5.50. The summed E-state index contributed by atoms with van der Waals surface area (Å²) in [7, 11) is 1.64. The number of carbonyl (C=O) groups excluding carboxylic acids is 1. The number of amides is 1. The fraction of sp³-hybridized carbons (Fsp3) is 0.160. The highest BCUT2D eigenvalue weighted by Crippen LogP contribution is 2.39. The maximum Gasteiger partial charge on any atom is 0.240 e. The SMILES string of the molecule is COc1cccc(-c2nn(-c3ccccc3)cc2[C@H]2CC(c3ccco3)=NN2C(C)=O)c1. The van der Waals surface area contributed by atoms with Gasteiger partial charge in [-0.3, -0.25) is 4.79 Å². The monoisotopic (exact) mass is 426 g/mol. The van der Waals surface area contributed by atoms with Crippen LogP contribution in [0.1, 0.15) is 30.7 Å². The van der Waals surface area contributed by atoms with Crippen molar-refractivity contribution in [3.63, 3.8) is 0 Å². The number of aromatic nitrogens is 2. The summed E-state index contributed by atoms with van der Waals surface area (Å²) in [5, 5.41) is 11.0. The fourth-order valence-corrected chi connectivity index (χ4v) is 3.97. The number of benzene rings is 2. The quantitative estimate of drug-likeness (QED) is 0.458. The summed E-state index contributed by atoms with van der Waals surface area (Å²) >= 11 is 0. The van der Waals surface area contributed by atoms with Gasteiger partial charge in [-0.1, -0.05) is 30.3 Å². The molecule has 0 N–H and O–H groups in total. The van der Waals surface area contributed by atoms with E-state index >= 15 is 0 Å². The van der Waals surface area contributed by atoms with E-state index in [-0.39, 0.29) is 11.9 Å². The second kappa shape index (κ2) is 8.19. The molecule has 1 aliphatic heterocycles. The normalized spacial score (nSPS) is 15.6. The van der Waals surface area contributed by atoms with Crippen LogP contribution in [-0.2, 0) is 4.79 Å². The van der Waals surface area contributed by atoms with E-state index in [0.29, 0.717) is 12.2 Å². The molecule has 0 bridgehead atoms. The zero-order valence-electron chi connectivity index (χ0n) is 17.8. The lowest BCUT2D eigenvalue weighted by atomic mass is 9.98. The first-order chi connectivity index (χ1) is 15.6. The number of furan rings is 1. The number of ether oxygens (including phenoxy) is 1. The maximum atomic E-state index is 12.5. The minimum Gasteiger partial charge on any atom is -0.497 e. The van der Waals surface area contributed by atoms with Crippen molar-refractivity contribution >= 4 is 11.6 Å². The summed E-state index contributed by atoms with van der Waals surface area (Å²) < 4.78 is 12.8. The van der Waals surface area contributed by atoms with Gasteiger partial charge in [-0.25, -0.2) is 9.69 Å². The molecule has 0 unspecified atom stereocenters. The van der Waals surface area contributed by atoms with Crippen molar-refractivity contribution in [2.45, 2.75) is 19.4 Å². The largest absolute Gasteiger partial charge is 0.497 e. The van der Waals surface area contributed by atoms with E-state index in [1.807, 2.05) is 77.6 Å². The number of hydrazone groups is 1. The molecule has 0 fully saturated rings. The Morgan fingerprint density at radius 1 is 1.09 bits per heavy atom. The lowest BCUT2D eigenvalue weighted by molar-refractivity contribution is -0.130. The molecular formula is C25H22N4O3. The van der Waals surface area contributed by atoms with Crippen LogP contribution in [0, 0.1) is 0 Å². The van der Waals surface area contributed by atoms with Crippen molar-refractivity contribution in [2.24, 2.45) is 5.10 Å². The summed E-state index contributed by atoms with van der Waals surface area (Å²) in [5.41, 5.74) is 4.26. The smallest absolute Gasteiger partial charge is 0.240 e. The molecule has 0 radical (unpaired) electrons. The lowest BCUT2D eigenvalue weighted by Crippen LogP contribution is -2.24. The lowest BCUT2D eigenvalue weighted by Gasteiger charge is -2.20. The minimum absolute atomic E-state index is 0.138. The number of carbonyl (C=O) groups is 1. The standard InChI is InChI=1S/C25H22N4O3/c1-17(30)29-23(15-22(26-29)24-12-7-13-32-24)21-16-28(19-9-4-3-5-10-19)27-25(21)18-8-6-11-20(14-18)31-2/h3-14,16,23H,15H2,1-2H3/t23-/m1/s1. The van der Waals surface area contributed by atoms with Gasteiger partial charge >= 0.3 is 0 Å². The molecule has 4 aromatic rings. The van der Waals surface area contributed by atoms with E-state index in [0.717, 1.165) is 34.0 Å². The summed E-state index contributed by atoms with van der Waals surface area (Å²) in [6.07, 6.45) is 4.12. The van der Waals surface area contributed by atoms with Gasteiger partial charge in [0.1, 0.15) is 17.2 Å². The molecule has 2 aromatic carbocycles. The van der Waals surface area contributed by atoms with Crippen LogP contribution in [0.25, 0.3) is 16.9 Å². The Bertz CT molecular complexity index is 1280. The Labute approximate surface area is 185 Å². The van der Waals surface area contributed by atoms with Gasteiger partial charge in [0, 0.05) is 30.7 Å². The van der Waals surface area contributed by atoms with E-state index in [2.05, 4.69) is 5.10 Å². The molecule has 1 aliphatic rings. The first-order valence-corrected chi connectivity index (χ1v) is 10.3. The second-order valence-corrected chi connectivity index (χ2v) is 7.55. The Morgan fingerprint density at radius 3 is 2.66 bits per heavy atom. The third kappa shape index (κ3) is 3.58. The van der Waals surface area contributed by atoms with Gasteiger partial charge in [0.15, 0.2) is 0 Å². The van der Waals surface area contributed by atoms with Crippen molar-refractivity contribution < 1.29 is 13.9 Å². The number of hydrogen-bond acceptors (Lipinski definition) is 5. The number of nitrogens with zero attached hydrogens (tertiary/aromatic N) is 4. The predicted molar refractivity (Wildman–Crippen MR) is 121 cm³/mol. The van der Waals surface area contributed by atoms with Gasteiger partial charge < -0.3 is 9.15 Å². The minimum atomic E-state index is -0.300. The van der Waals surface area contributed by atoms with Crippen molar-refractivity contribution in [2.75, 3.05) is 7.11 Å². The van der Waals surface area contributed by atoms with Crippen LogP contribution in [0.2, 0.25) is 0 Å². The highest BCUT2D eigenvalue weighted by molar-refractivity contribution is 6.01. The molecule has 1 atom stereocenters. The van der Waals surface area contributed by atoms with E-state index < -0.39 is 0 Å². The first kappa shape index (κ1) is 19.8. The molecule has 7 nitrogen and oxygen atoms in total. The molecule has 2 aromatic heterocycles. The summed E-state index contributed by atoms with van der Waals surface area (Å²) in [4.78, 5) is 12.5. The van der Waals surface area contributed by atoms with E-state index in [4.69, 9.17) is 14.3 Å². The molecule has 0 saturated carbocycles. The molecule has 3 heterocycles. The molecule has 32 heavy (non-hydrogen) atoms. The second-order valence-electron chi connectivity index (χ2n) is 7.55. The Morgan fingerprint density at radius 2 is 1.94 bits per heavy atom. The molecule has 5 rings (SSSR count). The third-order valence-electron chi connectivity index (χ3n) is 5.50. The van der Waals surface area contributed by atoms with Gasteiger partial charge in [0.05, 0.1) is 30.8 Å². The average molecular weight is 426 g/mol. The average Bonchev–Trinajstić information content (AvgIpc) is 3.58. The first-order valence-electron chi connectivity index (χ1n) is 10.3. The van der Waals surface area contributed by atoms with Crippen LogP contribution in [0.4, 0.5) is 0 Å². The topological polar surface area (TPSA) is 72.9 Å². The Kier molecular flexibility index (Phi) is 5.07. The van der Waals surface area contributed by atoms with E-state index in [9.17, 15) is 4.79 Å². The van der Waals surface area contributed by atoms with Crippen LogP contribution in [-0.4, -0.2) is 33.5 Å². The Balaban J connectivity index is 1.63. The molecule has 1 amide bonds. The molecular weight excluding hydrogens is 404 g/mol. The van der Waals surface area contributed by atoms with Crippen molar-refractivity contribution in [1.29, 1.82) is 0 Å². The van der Waals surface area contributed by atoms with Gasteiger partial charge in [-0.15, -0.1) is 0 Å². The highest BCUT2D eigenvalue weighted by Gasteiger charge is 2.35. The molecule has 0 spiro atoms. The summed E-state index contributed by atoms with van der Waals surface area (Å²) in [6.45, 7) is 1.52. The fourth-order valence-electron chi connectivity index (χ4n) is 3.97. The number of rotatable bonds is 5. The molecule has 7 heteroatoms. The van der Waals surface area contributed by atoms with Crippen LogP contribution in [0.3, 0.4) is 0 Å². The van der Waals surface area contributed by atoms with Crippen LogP contribution < -0.4 is 4.74 Å². The van der Waals surface area contributed by atoms with E-state index in [1.165, 1.54) is 11.9 Å². The van der Waals surface area contributed by atoms with Crippen LogP contribution >= 0.6 is 0 Å². The summed E-state index contributed by atoms with van der Waals surface area (Å²) in [6, 6.07) is 21.0. The Hall–Kier alpha value is -4.13. The van der Waals surface area contributed by atoms with Crippen LogP contribution in [0.15, 0.2) is 88.7 Å².